The maximum Gasteiger partial charge on any atom is 0.260 e. The lowest BCUT2D eigenvalue weighted by Crippen LogP contribution is -2.30. The highest BCUT2D eigenvalue weighted by atomic mass is 32.2. The van der Waals surface area contributed by atoms with Crippen LogP contribution in [0.15, 0.2) is 77.7 Å². The smallest absolute Gasteiger partial charge is 0.260 e. The number of ether oxygens (including phenoxy) is 1. The van der Waals surface area contributed by atoms with Gasteiger partial charge in [-0.3, -0.25) is 4.79 Å². The van der Waals surface area contributed by atoms with Crippen LogP contribution < -0.4 is 15.4 Å². The van der Waals surface area contributed by atoms with Crippen LogP contribution in [0.1, 0.15) is 29.2 Å². The fourth-order valence-corrected chi connectivity index (χ4v) is 4.32. The molecule has 5 heteroatoms. The van der Waals surface area contributed by atoms with Crippen LogP contribution in [0.5, 0.6) is 5.75 Å². The third-order valence-electron chi connectivity index (χ3n) is 5.06. The highest BCUT2D eigenvalue weighted by Gasteiger charge is 2.27. The molecule has 0 aliphatic carbocycles. The van der Waals surface area contributed by atoms with E-state index in [4.69, 9.17) is 4.74 Å². The minimum Gasteiger partial charge on any atom is -0.489 e. The van der Waals surface area contributed by atoms with E-state index < -0.39 is 0 Å². The molecule has 0 aromatic heterocycles. The van der Waals surface area contributed by atoms with Crippen molar-refractivity contribution in [1.82, 2.24) is 5.32 Å². The molecule has 3 aromatic rings. The Labute approximate surface area is 187 Å². The summed E-state index contributed by atoms with van der Waals surface area (Å²) in [6.07, 6.45) is 2.92. The topological polar surface area (TPSA) is 50.4 Å². The molecule has 1 aliphatic rings. The third kappa shape index (κ3) is 5.70. The predicted molar refractivity (Wildman–Crippen MR) is 129 cm³/mol. The molecule has 1 fully saturated rings. The first kappa shape index (κ1) is 21.1. The largest absolute Gasteiger partial charge is 0.489 e. The Morgan fingerprint density at radius 3 is 2.52 bits per heavy atom. The van der Waals surface area contributed by atoms with Crippen molar-refractivity contribution in [3.8, 4) is 5.75 Å². The third-order valence-corrected chi connectivity index (χ3v) is 6.09. The van der Waals surface area contributed by atoms with Crippen molar-refractivity contribution in [3.63, 3.8) is 0 Å². The number of thioether (sulfide) groups is 1. The zero-order valence-electron chi connectivity index (χ0n) is 17.7. The quantitative estimate of drug-likeness (QED) is 0.470. The van der Waals surface area contributed by atoms with Gasteiger partial charge in [0, 0.05) is 5.69 Å². The van der Waals surface area contributed by atoms with Crippen LogP contribution in [0.25, 0.3) is 6.08 Å². The van der Waals surface area contributed by atoms with Crippen molar-refractivity contribution in [2.24, 2.45) is 0 Å². The van der Waals surface area contributed by atoms with Crippen molar-refractivity contribution in [1.29, 1.82) is 0 Å². The van der Waals surface area contributed by atoms with Crippen LogP contribution in [0, 0.1) is 6.92 Å². The summed E-state index contributed by atoms with van der Waals surface area (Å²) in [4.78, 5) is 13.1. The van der Waals surface area contributed by atoms with Gasteiger partial charge in [0.15, 0.2) is 5.50 Å². The molecule has 1 amide bonds. The molecule has 1 atom stereocenters. The molecule has 1 aliphatic heterocycles. The Kier molecular flexibility index (Phi) is 6.63. The van der Waals surface area contributed by atoms with E-state index in [1.165, 1.54) is 22.9 Å². The van der Waals surface area contributed by atoms with Crippen molar-refractivity contribution in [2.45, 2.75) is 32.4 Å². The van der Waals surface area contributed by atoms with Gasteiger partial charge in [-0.1, -0.05) is 72.8 Å². The molecule has 1 unspecified atom stereocenters. The van der Waals surface area contributed by atoms with Crippen LogP contribution in [-0.2, 0) is 17.8 Å². The summed E-state index contributed by atoms with van der Waals surface area (Å²) in [7, 11) is 0. The minimum absolute atomic E-state index is 0.0625. The lowest BCUT2D eigenvalue weighted by molar-refractivity contribution is -0.116. The zero-order valence-corrected chi connectivity index (χ0v) is 18.5. The summed E-state index contributed by atoms with van der Waals surface area (Å²) in [5, 5.41) is 6.33. The van der Waals surface area contributed by atoms with Gasteiger partial charge in [0.1, 0.15) is 12.4 Å². The second-order valence-electron chi connectivity index (χ2n) is 7.52. The summed E-state index contributed by atoms with van der Waals surface area (Å²) < 4.78 is 5.88. The van der Waals surface area contributed by atoms with Crippen LogP contribution in [0.4, 0.5) is 5.69 Å². The van der Waals surface area contributed by atoms with Gasteiger partial charge in [-0.05, 0) is 60.4 Å². The summed E-state index contributed by atoms with van der Waals surface area (Å²) in [6, 6.07) is 24.4. The Morgan fingerprint density at radius 2 is 1.81 bits per heavy atom. The number of amides is 1. The summed E-state index contributed by atoms with van der Waals surface area (Å²) in [5.41, 5.74) is 5.44. The van der Waals surface area contributed by atoms with Crippen molar-refractivity contribution >= 4 is 29.4 Å². The molecule has 2 N–H and O–H groups in total. The molecule has 1 saturated heterocycles. The van der Waals surface area contributed by atoms with Gasteiger partial charge < -0.3 is 15.4 Å². The molecular formula is C26H26N2O2S. The standard InChI is InChI=1S/C26H26N2O2S/c1-3-19-7-11-22(12-8-19)27-26-28-25(29)24(31-26)16-20-9-13-23(14-10-20)30-17-21-6-4-5-18(2)15-21/h4-16,26-27H,3,17H2,1-2H3,(H,28,29). The molecule has 3 aromatic carbocycles. The first-order valence-electron chi connectivity index (χ1n) is 10.4. The second-order valence-corrected chi connectivity index (χ2v) is 8.67. The van der Waals surface area contributed by atoms with Gasteiger partial charge in [0.05, 0.1) is 4.91 Å². The number of carbonyl (C=O) groups excluding carboxylic acids is 1. The number of rotatable bonds is 7. The number of hydrogen-bond donors (Lipinski definition) is 2. The molecule has 0 spiro atoms. The average molecular weight is 431 g/mol. The highest BCUT2D eigenvalue weighted by molar-refractivity contribution is 8.05. The van der Waals surface area contributed by atoms with E-state index in [1.54, 1.807) is 0 Å². The lowest BCUT2D eigenvalue weighted by atomic mass is 10.1. The highest BCUT2D eigenvalue weighted by Crippen LogP contribution is 2.30. The Bertz CT molecular complexity index is 1080. The maximum atomic E-state index is 12.4. The van der Waals surface area contributed by atoms with E-state index in [0.29, 0.717) is 11.5 Å². The van der Waals surface area contributed by atoms with Gasteiger partial charge in [-0.15, -0.1) is 0 Å². The van der Waals surface area contributed by atoms with Crippen molar-refractivity contribution < 1.29 is 9.53 Å². The number of carbonyl (C=O) groups is 1. The molecule has 0 bridgehead atoms. The molecule has 31 heavy (non-hydrogen) atoms. The molecule has 4 rings (SSSR count). The molecule has 1 heterocycles. The monoisotopic (exact) mass is 430 g/mol. The molecule has 158 valence electrons. The van der Waals surface area contributed by atoms with Crippen LogP contribution in [0.3, 0.4) is 0 Å². The number of benzene rings is 3. The fraction of sp³-hybridized carbons (Fsp3) is 0.192. The molecular weight excluding hydrogens is 404 g/mol. The van der Waals surface area contributed by atoms with E-state index in [9.17, 15) is 4.79 Å². The van der Waals surface area contributed by atoms with E-state index in [0.717, 1.165) is 29.0 Å². The summed E-state index contributed by atoms with van der Waals surface area (Å²) in [5.74, 6) is 0.745. The predicted octanol–water partition coefficient (Wildman–Crippen LogP) is 5.74. The number of aryl methyl sites for hydroxylation is 2. The van der Waals surface area contributed by atoms with Crippen molar-refractivity contribution in [2.75, 3.05) is 5.32 Å². The van der Waals surface area contributed by atoms with Gasteiger partial charge in [0.25, 0.3) is 5.91 Å². The van der Waals surface area contributed by atoms with Crippen molar-refractivity contribution in [3.05, 3.63) is 100.0 Å². The van der Waals surface area contributed by atoms with E-state index in [1.807, 2.05) is 48.5 Å². The van der Waals surface area contributed by atoms with Crippen LogP contribution in [0.2, 0.25) is 0 Å². The van der Waals surface area contributed by atoms with Crippen LogP contribution in [-0.4, -0.2) is 11.4 Å². The van der Waals surface area contributed by atoms with E-state index in [2.05, 4.69) is 54.8 Å². The molecule has 0 radical (unpaired) electrons. The van der Waals surface area contributed by atoms with Gasteiger partial charge in [-0.25, -0.2) is 0 Å². The number of nitrogens with one attached hydrogen (secondary N) is 2. The zero-order chi connectivity index (χ0) is 21.6. The number of anilines is 1. The van der Waals surface area contributed by atoms with E-state index >= 15 is 0 Å². The fourth-order valence-electron chi connectivity index (χ4n) is 3.33. The van der Waals surface area contributed by atoms with Gasteiger partial charge in [-0.2, -0.15) is 0 Å². The van der Waals surface area contributed by atoms with Gasteiger partial charge >= 0.3 is 0 Å². The normalized spacial score (nSPS) is 16.9. The Morgan fingerprint density at radius 1 is 1.03 bits per heavy atom. The van der Waals surface area contributed by atoms with Gasteiger partial charge in [0.2, 0.25) is 0 Å². The first-order chi connectivity index (χ1) is 15.1. The Balaban J connectivity index is 1.34. The second kappa shape index (κ2) is 9.75. The number of hydrogen-bond acceptors (Lipinski definition) is 4. The first-order valence-corrected chi connectivity index (χ1v) is 11.3. The lowest BCUT2D eigenvalue weighted by Gasteiger charge is -2.12. The van der Waals surface area contributed by atoms with E-state index in [-0.39, 0.29) is 11.4 Å². The SMILES string of the molecule is CCc1ccc(NC2NC(=O)C(=Cc3ccc(OCc4cccc(C)c4)cc3)S2)cc1. The Hall–Kier alpha value is -3.18. The molecule has 0 saturated carbocycles. The van der Waals surface area contributed by atoms with Crippen LogP contribution >= 0.6 is 11.8 Å². The summed E-state index contributed by atoms with van der Waals surface area (Å²) >= 11 is 1.49. The average Bonchev–Trinajstić information content (AvgIpc) is 3.12. The maximum absolute atomic E-state index is 12.4. The molecule has 4 nitrogen and oxygen atoms in total. The minimum atomic E-state index is -0.178. The summed E-state index contributed by atoms with van der Waals surface area (Å²) in [6.45, 7) is 4.74.